The van der Waals surface area contributed by atoms with E-state index in [9.17, 15) is 9.90 Å². The first-order valence-electron chi connectivity index (χ1n) is 9.29. The summed E-state index contributed by atoms with van der Waals surface area (Å²) >= 11 is 0. The highest BCUT2D eigenvalue weighted by molar-refractivity contribution is 5.89. The van der Waals surface area contributed by atoms with Gasteiger partial charge in [-0.25, -0.2) is 0 Å². The number of hydrogen-bond donors (Lipinski definition) is 4. The Morgan fingerprint density at radius 1 is 1.24 bits per heavy atom. The Hall–Kier alpha value is -3.81. The Bertz CT molecular complexity index is 1260. The highest BCUT2D eigenvalue weighted by atomic mass is 16.5. The number of phenolic OH excluding ortho intramolecular Hbond substituents is 1. The number of aromatic hydroxyl groups is 1. The summed E-state index contributed by atoms with van der Waals surface area (Å²) in [5.41, 5.74) is 10.6. The van der Waals surface area contributed by atoms with Crippen LogP contribution in [-0.4, -0.2) is 31.3 Å². The van der Waals surface area contributed by atoms with E-state index in [0.29, 0.717) is 17.3 Å². The van der Waals surface area contributed by atoms with Gasteiger partial charge in [-0.3, -0.25) is 4.79 Å². The van der Waals surface area contributed by atoms with Gasteiger partial charge in [0, 0.05) is 33.6 Å². The zero-order valence-corrected chi connectivity index (χ0v) is 15.3. The lowest BCUT2D eigenvalue weighted by Gasteiger charge is -2.05. The maximum absolute atomic E-state index is 11.1. The van der Waals surface area contributed by atoms with E-state index in [2.05, 4.69) is 15.1 Å². The number of carbonyl (C=O) groups is 1. The highest BCUT2D eigenvalue weighted by Crippen LogP contribution is 2.40. The van der Waals surface area contributed by atoms with E-state index < -0.39 is 5.97 Å². The molecule has 0 aliphatic heterocycles. The Morgan fingerprint density at radius 2 is 2.07 bits per heavy atom. The number of benzene rings is 2. The molecule has 29 heavy (non-hydrogen) atoms. The summed E-state index contributed by atoms with van der Waals surface area (Å²) in [6, 6.07) is 10.6. The van der Waals surface area contributed by atoms with E-state index in [1.165, 1.54) is 11.6 Å². The molecule has 0 bridgehead atoms. The molecule has 146 valence electrons. The van der Waals surface area contributed by atoms with Gasteiger partial charge in [0.2, 0.25) is 5.82 Å². The van der Waals surface area contributed by atoms with Crippen LogP contribution in [-0.2, 0) is 11.2 Å². The summed E-state index contributed by atoms with van der Waals surface area (Å²) in [5.74, 6) is 0.00382. The van der Waals surface area contributed by atoms with Crippen molar-refractivity contribution in [2.24, 2.45) is 0 Å². The maximum Gasteiger partial charge on any atom is 0.304 e. The molecule has 5 rings (SSSR count). The molecule has 5 N–H and O–H groups in total. The van der Waals surface area contributed by atoms with E-state index in [1.807, 2.05) is 18.2 Å². The van der Waals surface area contributed by atoms with Gasteiger partial charge in [-0.05, 0) is 54.8 Å². The molecule has 0 spiro atoms. The summed E-state index contributed by atoms with van der Waals surface area (Å²) in [6.45, 7) is 0. The molecule has 0 fully saturated rings. The standard InChI is InChI=1S/C21H18N4O4/c22-15-8-12(3-6-17(15)26)21-24-20(25-29-21)11-2-5-16-14(7-11)13-4-1-10(9-18(27)28)19(13)23-16/h2-3,5-8,10,23,26H,1,4,9,22H2,(H,27,28). The second-order valence-electron chi connectivity index (χ2n) is 7.31. The van der Waals surface area contributed by atoms with Crippen LogP contribution in [0.3, 0.4) is 0 Å². The zero-order valence-electron chi connectivity index (χ0n) is 15.3. The fraction of sp³-hybridized carbons (Fsp3) is 0.190. The van der Waals surface area contributed by atoms with Gasteiger partial charge >= 0.3 is 5.97 Å². The SMILES string of the molecule is Nc1cc(-c2nc(-c3ccc4[nH]c5c(c4c3)CCC5CC(=O)O)no2)ccc1O. The largest absolute Gasteiger partial charge is 0.506 e. The lowest BCUT2D eigenvalue weighted by atomic mass is 10.0. The van der Waals surface area contributed by atoms with Gasteiger partial charge in [0.15, 0.2) is 0 Å². The zero-order chi connectivity index (χ0) is 20.1. The molecule has 2 aromatic carbocycles. The molecule has 8 nitrogen and oxygen atoms in total. The summed E-state index contributed by atoms with van der Waals surface area (Å²) in [4.78, 5) is 19.0. The Kier molecular flexibility index (Phi) is 3.80. The molecule has 1 unspecified atom stereocenters. The van der Waals surface area contributed by atoms with Gasteiger partial charge in [-0.2, -0.15) is 4.98 Å². The minimum Gasteiger partial charge on any atom is -0.506 e. The topological polar surface area (TPSA) is 138 Å². The quantitative estimate of drug-likeness (QED) is 0.308. The van der Waals surface area contributed by atoms with Crippen molar-refractivity contribution in [2.45, 2.75) is 25.2 Å². The van der Waals surface area contributed by atoms with Crippen molar-refractivity contribution in [1.29, 1.82) is 0 Å². The number of carboxylic acids is 1. The number of nitrogens with two attached hydrogens (primary N) is 1. The minimum atomic E-state index is -0.781. The second-order valence-corrected chi connectivity index (χ2v) is 7.31. The van der Waals surface area contributed by atoms with Crippen LogP contribution in [0.4, 0.5) is 5.69 Å². The van der Waals surface area contributed by atoms with Crippen LogP contribution >= 0.6 is 0 Å². The van der Waals surface area contributed by atoms with Crippen molar-refractivity contribution in [1.82, 2.24) is 15.1 Å². The number of nitrogens with one attached hydrogen (secondary N) is 1. The predicted molar refractivity (Wildman–Crippen MR) is 106 cm³/mol. The molecule has 0 saturated carbocycles. The number of aromatic amines is 1. The second kappa shape index (κ2) is 6.37. The fourth-order valence-electron chi connectivity index (χ4n) is 4.05. The molecule has 4 aromatic rings. The number of aryl methyl sites for hydroxylation is 1. The first-order chi connectivity index (χ1) is 14.0. The van der Waals surface area contributed by atoms with Crippen LogP contribution in [0, 0.1) is 0 Å². The third-order valence-electron chi connectivity index (χ3n) is 5.47. The number of aromatic nitrogens is 3. The first kappa shape index (κ1) is 17.3. The summed E-state index contributed by atoms with van der Waals surface area (Å²) in [7, 11) is 0. The van der Waals surface area contributed by atoms with E-state index in [0.717, 1.165) is 35.0 Å². The Morgan fingerprint density at radius 3 is 2.86 bits per heavy atom. The summed E-state index contributed by atoms with van der Waals surface area (Å²) < 4.78 is 5.38. The number of fused-ring (bicyclic) bond motifs is 3. The Labute approximate surface area is 165 Å². The van der Waals surface area contributed by atoms with Gasteiger partial charge in [0.1, 0.15) is 5.75 Å². The average Bonchev–Trinajstić information content (AvgIpc) is 3.40. The van der Waals surface area contributed by atoms with Crippen molar-refractivity contribution in [3.05, 3.63) is 47.7 Å². The number of H-pyrrole nitrogens is 1. The molecule has 8 heteroatoms. The number of hydrogen-bond acceptors (Lipinski definition) is 6. The minimum absolute atomic E-state index is 0.00135. The number of rotatable bonds is 4. The number of anilines is 1. The predicted octanol–water partition coefficient (Wildman–Crippen LogP) is 3.68. The third kappa shape index (κ3) is 2.89. The lowest BCUT2D eigenvalue weighted by Crippen LogP contribution is -2.03. The van der Waals surface area contributed by atoms with E-state index >= 15 is 0 Å². The number of nitrogens with zero attached hydrogens (tertiary/aromatic N) is 2. The van der Waals surface area contributed by atoms with E-state index in [4.69, 9.17) is 15.4 Å². The number of carboxylic acid groups (broad SMARTS) is 1. The van der Waals surface area contributed by atoms with Crippen molar-refractivity contribution in [2.75, 3.05) is 5.73 Å². The van der Waals surface area contributed by atoms with Crippen LogP contribution in [0.15, 0.2) is 40.9 Å². The first-order valence-corrected chi connectivity index (χ1v) is 9.29. The van der Waals surface area contributed by atoms with Crippen LogP contribution in [0.1, 0.15) is 30.0 Å². The maximum atomic E-state index is 11.1. The van der Waals surface area contributed by atoms with Gasteiger partial charge in [-0.1, -0.05) is 5.16 Å². The molecular formula is C21H18N4O4. The summed E-state index contributed by atoms with van der Waals surface area (Å²) in [5, 5.41) is 23.8. The van der Waals surface area contributed by atoms with Crippen LogP contribution in [0.25, 0.3) is 33.7 Å². The van der Waals surface area contributed by atoms with Crippen molar-refractivity contribution < 1.29 is 19.5 Å². The normalized spacial score (nSPS) is 15.7. The third-order valence-corrected chi connectivity index (χ3v) is 5.47. The average molecular weight is 390 g/mol. The van der Waals surface area contributed by atoms with Gasteiger partial charge in [0.25, 0.3) is 5.89 Å². The van der Waals surface area contributed by atoms with Gasteiger partial charge in [-0.15, -0.1) is 0 Å². The number of aliphatic carboxylic acids is 1. The van der Waals surface area contributed by atoms with E-state index in [1.54, 1.807) is 12.1 Å². The highest BCUT2D eigenvalue weighted by Gasteiger charge is 2.28. The molecule has 0 amide bonds. The van der Waals surface area contributed by atoms with E-state index in [-0.39, 0.29) is 23.8 Å². The van der Waals surface area contributed by atoms with Gasteiger partial charge in [0.05, 0.1) is 12.1 Å². The Balaban J connectivity index is 1.51. The van der Waals surface area contributed by atoms with Crippen molar-refractivity contribution in [3.8, 4) is 28.6 Å². The monoisotopic (exact) mass is 390 g/mol. The number of nitrogen functional groups attached to an aromatic ring is 1. The number of phenols is 1. The molecule has 0 saturated heterocycles. The molecule has 2 heterocycles. The molecule has 1 aliphatic carbocycles. The molecule has 1 atom stereocenters. The molecule has 1 aliphatic rings. The molecule has 2 aromatic heterocycles. The smallest absolute Gasteiger partial charge is 0.304 e. The lowest BCUT2D eigenvalue weighted by molar-refractivity contribution is -0.137. The summed E-state index contributed by atoms with van der Waals surface area (Å²) in [6.07, 6.45) is 1.82. The molecule has 0 radical (unpaired) electrons. The molecular weight excluding hydrogens is 372 g/mol. The van der Waals surface area contributed by atoms with Crippen LogP contribution in [0.5, 0.6) is 5.75 Å². The van der Waals surface area contributed by atoms with Gasteiger partial charge < -0.3 is 25.5 Å². The van der Waals surface area contributed by atoms with Crippen LogP contribution in [0.2, 0.25) is 0 Å². The van der Waals surface area contributed by atoms with Crippen molar-refractivity contribution in [3.63, 3.8) is 0 Å². The van der Waals surface area contributed by atoms with Crippen molar-refractivity contribution >= 4 is 22.6 Å². The van der Waals surface area contributed by atoms with Crippen LogP contribution < -0.4 is 5.73 Å². The fourth-order valence-corrected chi connectivity index (χ4v) is 4.05.